The molecule has 0 fully saturated rings. The van der Waals surface area contributed by atoms with E-state index in [1.807, 2.05) is 0 Å². The zero-order valence-corrected chi connectivity index (χ0v) is 12.6. The van der Waals surface area contributed by atoms with Gasteiger partial charge in [-0.2, -0.15) is 0 Å². The summed E-state index contributed by atoms with van der Waals surface area (Å²) < 4.78 is 0. The Labute approximate surface area is 114 Å². The molecule has 1 aromatic carbocycles. The number of aryl methyl sites for hydroxylation is 3. The van der Waals surface area contributed by atoms with Crippen LogP contribution in [0, 0.1) is 0 Å². The smallest absolute Gasteiger partial charge is 0.0279 e. The second-order valence-electron chi connectivity index (χ2n) is 5.47. The molecule has 0 unspecified atom stereocenters. The van der Waals surface area contributed by atoms with Crippen molar-refractivity contribution < 1.29 is 0 Å². The Morgan fingerprint density at radius 3 is 1.06 bits per heavy atom. The molecular formula is C18H30. The third-order valence-electron chi connectivity index (χ3n) is 3.57. The lowest BCUT2D eigenvalue weighted by molar-refractivity contribution is 0.766. The summed E-state index contributed by atoms with van der Waals surface area (Å²) in [6.45, 7) is 6.83. The molecule has 0 bridgehead atoms. The summed E-state index contributed by atoms with van der Waals surface area (Å²) in [7, 11) is 0. The molecule has 0 saturated carbocycles. The molecule has 18 heavy (non-hydrogen) atoms. The number of unbranched alkanes of at least 4 members (excludes halogenated alkanes) is 3. The molecule has 0 N–H and O–H groups in total. The predicted octanol–water partition coefficient (Wildman–Crippen LogP) is 5.71. The second-order valence-corrected chi connectivity index (χ2v) is 5.47. The van der Waals surface area contributed by atoms with Gasteiger partial charge in [0.2, 0.25) is 0 Å². The predicted molar refractivity (Wildman–Crippen MR) is 82.3 cm³/mol. The van der Waals surface area contributed by atoms with Crippen molar-refractivity contribution in [3.63, 3.8) is 0 Å². The van der Waals surface area contributed by atoms with Gasteiger partial charge in [-0.1, -0.05) is 58.2 Å². The monoisotopic (exact) mass is 246 g/mol. The van der Waals surface area contributed by atoms with Crippen molar-refractivity contribution in [3.8, 4) is 0 Å². The third kappa shape index (κ3) is 5.71. The van der Waals surface area contributed by atoms with Crippen LogP contribution in [0.2, 0.25) is 0 Å². The minimum atomic E-state index is 1.26. The fourth-order valence-corrected chi connectivity index (χ4v) is 2.42. The van der Waals surface area contributed by atoms with Crippen molar-refractivity contribution in [2.75, 3.05) is 0 Å². The lowest BCUT2D eigenvalue weighted by Crippen LogP contribution is -1.95. The van der Waals surface area contributed by atoms with E-state index in [0.717, 1.165) is 0 Å². The fourth-order valence-electron chi connectivity index (χ4n) is 2.42. The number of hydrogen-bond donors (Lipinski definition) is 0. The number of rotatable bonds is 9. The molecule has 0 aliphatic heterocycles. The van der Waals surface area contributed by atoms with Crippen molar-refractivity contribution in [1.29, 1.82) is 0 Å². The van der Waals surface area contributed by atoms with Gasteiger partial charge >= 0.3 is 0 Å². The molecule has 1 rings (SSSR count). The van der Waals surface area contributed by atoms with Crippen LogP contribution in [0.5, 0.6) is 0 Å². The van der Waals surface area contributed by atoms with Crippen LogP contribution in [-0.4, -0.2) is 0 Å². The van der Waals surface area contributed by atoms with Gasteiger partial charge in [-0.15, -0.1) is 0 Å². The van der Waals surface area contributed by atoms with Gasteiger partial charge in [0.25, 0.3) is 0 Å². The van der Waals surface area contributed by atoms with Crippen molar-refractivity contribution in [2.24, 2.45) is 0 Å². The summed E-state index contributed by atoms with van der Waals surface area (Å²) in [6, 6.07) is 7.34. The Bertz CT molecular complexity index is 260. The average Bonchev–Trinajstić information content (AvgIpc) is 2.40. The molecule has 0 heterocycles. The van der Waals surface area contributed by atoms with E-state index in [4.69, 9.17) is 0 Å². The molecule has 0 aliphatic carbocycles. The minimum Gasteiger partial charge on any atom is -0.0654 e. The van der Waals surface area contributed by atoms with E-state index in [1.165, 1.54) is 57.8 Å². The highest BCUT2D eigenvalue weighted by Crippen LogP contribution is 2.17. The van der Waals surface area contributed by atoms with Crippen LogP contribution in [0.25, 0.3) is 0 Å². The first-order chi connectivity index (χ1) is 8.80. The van der Waals surface area contributed by atoms with Crippen LogP contribution in [-0.2, 0) is 19.3 Å². The lowest BCUT2D eigenvalue weighted by atomic mass is 9.96. The van der Waals surface area contributed by atoms with E-state index in [1.54, 1.807) is 16.7 Å². The highest BCUT2D eigenvalue weighted by Gasteiger charge is 2.01. The zero-order chi connectivity index (χ0) is 13.2. The van der Waals surface area contributed by atoms with Crippen LogP contribution in [0.3, 0.4) is 0 Å². The van der Waals surface area contributed by atoms with Gasteiger partial charge in [-0.05, 0) is 55.2 Å². The molecule has 0 amide bonds. The van der Waals surface area contributed by atoms with E-state index in [2.05, 4.69) is 39.0 Å². The van der Waals surface area contributed by atoms with E-state index >= 15 is 0 Å². The van der Waals surface area contributed by atoms with E-state index in [-0.39, 0.29) is 0 Å². The summed E-state index contributed by atoms with van der Waals surface area (Å²) >= 11 is 0. The summed E-state index contributed by atoms with van der Waals surface area (Å²) in [6.07, 6.45) is 11.6. The highest BCUT2D eigenvalue weighted by atomic mass is 14.1. The number of benzene rings is 1. The van der Waals surface area contributed by atoms with Crippen molar-refractivity contribution in [2.45, 2.75) is 78.6 Å². The molecule has 0 heteroatoms. The first-order valence-corrected chi connectivity index (χ1v) is 7.91. The van der Waals surface area contributed by atoms with Crippen LogP contribution >= 0.6 is 0 Å². The van der Waals surface area contributed by atoms with Crippen LogP contribution in [0.1, 0.15) is 76.0 Å². The zero-order valence-electron chi connectivity index (χ0n) is 12.6. The SMILES string of the molecule is CCCCc1cc(CCCC)cc(CCCC)c1. The van der Waals surface area contributed by atoms with Gasteiger partial charge in [-0.3, -0.25) is 0 Å². The molecule has 0 radical (unpaired) electrons. The molecule has 0 aromatic heterocycles. The van der Waals surface area contributed by atoms with Crippen LogP contribution in [0.15, 0.2) is 18.2 Å². The molecule has 0 nitrogen and oxygen atoms in total. The van der Waals surface area contributed by atoms with Gasteiger partial charge in [0.05, 0.1) is 0 Å². The second kappa shape index (κ2) is 9.19. The lowest BCUT2D eigenvalue weighted by Gasteiger charge is -2.09. The van der Waals surface area contributed by atoms with Gasteiger partial charge in [0.15, 0.2) is 0 Å². The van der Waals surface area contributed by atoms with E-state index in [9.17, 15) is 0 Å². The Kier molecular flexibility index (Phi) is 7.80. The molecule has 0 saturated heterocycles. The molecule has 0 aliphatic rings. The first kappa shape index (κ1) is 15.3. The van der Waals surface area contributed by atoms with Gasteiger partial charge in [-0.25, -0.2) is 0 Å². The quantitative estimate of drug-likeness (QED) is 0.523. The van der Waals surface area contributed by atoms with Gasteiger partial charge in [0, 0.05) is 0 Å². The Morgan fingerprint density at radius 1 is 0.556 bits per heavy atom. The Balaban J connectivity index is 2.74. The fraction of sp³-hybridized carbons (Fsp3) is 0.667. The average molecular weight is 246 g/mol. The normalized spacial score (nSPS) is 10.8. The molecule has 0 atom stereocenters. The Morgan fingerprint density at radius 2 is 0.833 bits per heavy atom. The Hall–Kier alpha value is -0.780. The first-order valence-electron chi connectivity index (χ1n) is 7.91. The van der Waals surface area contributed by atoms with Crippen LogP contribution < -0.4 is 0 Å². The molecule has 1 aromatic rings. The van der Waals surface area contributed by atoms with Crippen molar-refractivity contribution in [1.82, 2.24) is 0 Å². The highest BCUT2D eigenvalue weighted by molar-refractivity contribution is 5.30. The van der Waals surface area contributed by atoms with Gasteiger partial charge < -0.3 is 0 Å². The molecule has 102 valence electrons. The maximum Gasteiger partial charge on any atom is -0.0279 e. The molecular weight excluding hydrogens is 216 g/mol. The van der Waals surface area contributed by atoms with Crippen molar-refractivity contribution >= 4 is 0 Å². The van der Waals surface area contributed by atoms with Crippen molar-refractivity contribution in [3.05, 3.63) is 34.9 Å². The standard InChI is InChI=1S/C18H30/c1-4-7-10-16-13-17(11-8-5-2)15-18(14-16)12-9-6-3/h13-15H,4-12H2,1-3H3. The maximum atomic E-state index is 2.45. The summed E-state index contributed by atoms with van der Waals surface area (Å²) in [5.74, 6) is 0. The van der Waals surface area contributed by atoms with E-state index < -0.39 is 0 Å². The number of hydrogen-bond acceptors (Lipinski definition) is 0. The maximum absolute atomic E-state index is 2.45. The van der Waals surface area contributed by atoms with Gasteiger partial charge in [0.1, 0.15) is 0 Å². The summed E-state index contributed by atoms with van der Waals surface area (Å²) in [5.41, 5.74) is 4.70. The summed E-state index contributed by atoms with van der Waals surface area (Å²) in [5, 5.41) is 0. The van der Waals surface area contributed by atoms with E-state index in [0.29, 0.717) is 0 Å². The minimum absolute atomic E-state index is 1.26. The van der Waals surface area contributed by atoms with Crippen LogP contribution in [0.4, 0.5) is 0 Å². The summed E-state index contributed by atoms with van der Waals surface area (Å²) in [4.78, 5) is 0. The largest absolute Gasteiger partial charge is 0.0654 e. The molecule has 0 spiro atoms. The third-order valence-corrected chi connectivity index (χ3v) is 3.57. The topological polar surface area (TPSA) is 0 Å².